The third-order valence-corrected chi connectivity index (χ3v) is 4.37. The topological polar surface area (TPSA) is 38.5 Å². The lowest BCUT2D eigenvalue weighted by molar-refractivity contribution is 0.595. The van der Waals surface area contributed by atoms with Crippen LogP contribution < -0.4 is 0 Å². The van der Waals surface area contributed by atoms with Gasteiger partial charge in [-0.15, -0.1) is 0 Å². The third kappa shape index (κ3) is 2.55. The Kier molecular flexibility index (Phi) is 3.95. The fraction of sp³-hybridized carbons (Fsp3) is 0.364. The van der Waals surface area contributed by atoms with Gasteiger partial charge >= 0.3 is 0 Å². The summed E-state index contributed by atoms with van der Waals surface area (Å²) < 4.78 is 23.6. The molecular formula is C11H12ClNO2S. The third-order valence-electron chi connectivity index (χ3n) is 2.33. The van der Waals surface area contributed by atoms with E-state index in [4.69, 9.17) is 18.2 Å². The number of rotatable bonds is 3. The Balaban J connectivity index is 3.47. The van der Waals surface area contributed by atoms with Crippen molar-refractivity contribution in [1.29, 1.82) is 0 Å². The molecule has 0 bridgehead atoms. The lowest BCUT2D eigenvalue weighted by atomic mass is 10.1. The molecular weight excluding hydrogens is 246 g/mol. The van der Waals surface area contributed by atoms with E-state index in [2.05, 4.69) is 4.85 Å². The summed E-state index contributed by atoms with van der Waals surface area (Å²) in [6.07, 6.45) is 0. The molecule has 0 aromatic heterocycles. The second kappa shape index (κ2) is 4.86. The second-order valence-electron chi connectivity index (χ2n) is 3.39. The van der Waals surface area contributed by atoms with Crippen molar-refractivity contribution in [3.63, 3.8) is 0 Å². The largest absolute Gasteiger partial charge is 0.309 e. The molecule has 0 saturated heterocycles. The van der Waals surface area contributed by atoms with Crippen molar-refractivity contribution in [2.24, 2.45) is 0 Å². The fourth-order valence-electron chi connectivity index (χ4n) is 1.35. The second-order valence-corrected chi connectivity index (χ2v) is 6.07. The number of halogens is 1. The summed E-state index contributed by atoms with van der Waals surface area (Å²) in [4.78, 5) is 3.55. The molecule has 0 N–H and O–H groups in total. The maximum Gasteiger partial charge on any atom is 0.247 e. The lowest BCUT2D eigenvalue weighted by Crippen LogP contribution is -2.08. The van der Waals surface area contributed by atoms with Crippen LogP contribution in [0.1, 0.15) is 25.5 Å². The number of nitrogens with zero attached hydrogens (tertiary/aromatic N) is 1. The van der Waals surface area contributed by atoms with E-state index >= 15 is 0 Å². The van der Waals surface area contributed by atoms with E-state index in [0.29, 0.717) is 10.6 Å². The highest BCUT2D eigenvalue weighted by Gasteiger charge is 2.22. The number of hydrogen-bond acceptors (Lipinski definition) is 2. The van der Waals surface area contributed by atoms with E-state index in [9.17, 15) is 8.42 Å². The minimum Gasteiger partial charge on any atom is -0.309 e. The van der Waals surface area contributed by atoms with Gasteiger partial charge < -0.3 is 4.85 Å². The van der Waals surface area contributed by atoms with E-state index in [-0.39, 0.29) is 10.6 Å². The van der Waals surface area contributed by atoms with Gasteiger partial charge in [-0.2, -0.15) is 0 Å². The van der Waals surface area contributed by atoms with Crippen LogP contribution in [-0.2, 0) is 9.84 Å². The van der Waals surface area contributed by atoms with Crippen LogP contribution in [0, 0.1) is 6.57 Å². The molecule has 1 aromatic rings. The Morgan fingerprint density at radius 1 is 1.50 bits per heavy atom. The van der Waals surface area contributed by atoms with E-state index < -0.39 is 15.9 Å². The molecule has 0 saturated carbocycles. The normalized spacial score (nSPS) is 13.1. The highest BCUT2D eigenvalue weighted by Crippen LogP contribution is 2.28. The summed E-state index contributed by atoms with van der Waals surface area (Å²) in [6, 6.07) is 4.05. The molecule has 1 unspecified atom stereocenters. The smallest absolute Gasteiger partial charge is 0.247 e. The van der Waals surface area contributed by atoms with Crippen LogP contribution in [0.2, 0.25) is 5.02 Å². The quantitative estimate of drug-likeness (QED) is 0.781. The van der Waals surface area contributed by atoms with Gasteiger partial charge in [0.25, 0.3) is 0 Å². The molecule has 0 radical (unpaired) electrons. The number of benzene rings is 1. The molecule has 0 fully saturated rings. The minimum absolute atomic E-state index is 0.0202. The predicted octanol–water partition coefficient (Wildman–Crippen LogP) is 3.11. The van der Waals surface area contributed by atoms with E-state index in [0.717, 1.165) is 0 Å². The van der Waals surface area contributed by atoms with Crippen LogP contribution >= 0.6 is 11.6 Å². The molecule has 0 amide bonds. The van der Waals surface area contributed by atoms with Crippen molar-refractivity contribution in [2.75, 3.05) is 5.75 Å². The van der Waals surface area contributed by atoms with Crippen molar-refractivity contribution in [1.82, 2.24) is 0 Å². The van der Waals surface area contributed by atoms with Gasteiger partial charge in [0.1, 0.15) is 0 Å². The van der Waals surface area contributed by atoms with Crippen LogP contribution in [-0.4, -0.2) is 14.2 Å². The first kappa shape index (κ1) is 13.0. The zero-order chi connectivity index (χ0) is 12.3. The SMILES string of the molecule is [C-]#[N+]C(C)c1cc(Cl)ccc1S(=O)(=O)CC. The zero-order valence-corrected chi connectivity index (χ0v) is 10.6. The first-order valence-corrected chi connectivity index (χ1v) is 6.84. The van der Waals surface area contributed by atoms with Gasteiger partial charge in [-0.3, -0.25) is 0 Å². The Hall–Kier alpha value is -1.05. The summed E-state index contributed by atoms with van der Waals surface area (Å²) in [5.74, 6) is 0.0202. The Labute approximate surface area is 101 Å². The van der Waals surface area contributed by atoms with E-state index in [1.54, 1.807) is 19.9 Å². The molecule has 0 spiro atoms. The van der Waals surface area contributed by atoms with Crippen molar-refractivity contribution in [3.8, 4) is 0 Å². The maximum atomic E-state index is 11.8. The van der Waals surface area contributed by atoms with E-state index in [1.807, 2.05) is 0 Å². The molecule has 86 valence electrons. The molecule has 1 rings (SSSR count). The Bertz CT molecular complexity index is 531. The molecule has 5 heteroatoms. The van der Waals surface area contributed by atoms with Crippen LogP contribution in [0.15, 0.2) is 23.1 Å². The molecule has 3 nitrogen and oxygen atoms in total. The number of hydrogen-bond donors (Lipinski definition) is 0. The van der Waals surface area contributed by atoms with Crippen molar-refractivity contribution in [2.45, 2.75) is 24.8 Å². The summed E-state index contributed by atoms with van der Waals surface area (Å²) in [5.41, 5.74) is 0.476. The molecule has 0 aliphatic heterocycles. The van der Waals surface area contributed by atoms with Crippen molar-refractivity contribution in [3.05, 3.63) is 40.2 Å². The Morgan fingerprint density at radius 3 is 2.62 bits per heavy atom. The molecule has 0 aliphatic carbocycles. The first-order valence-electron chi connectivity index (χ1n) is 4.81. The van der Waals surface area contributed by atoms with Crippen LogP contribution in [0.4, 0.5) is 0 Å². The molecule has 0 heterocycles. The highest BCUT2D eigenvalue weighted by atomic mass is 35.5. The monoisotopic (exact) mass is 257 g/mol. The van der Waals surface area contributed by atoms with E-state index in [1.165, 1.54) is 12.1 Å². The Morgan fingerprint density at radius 2 is 2.12 bits per heavy atom. The number of sulfone groups is 1. The van der Waals surface area contributed by atoms with Gasteiger partial charge in [0.15, 0.2) is 9.84 Å². The highest BCUT2D eigenvalue weighted by molar-refractivity contribution is 7.91. The summed E-state index contributed by atoms with van der Waals surface area (Å²) in [7, 11) is -3.30. The molecule has 16 heavy (non-hydrogen) atoms. The fourth-order valence-corrected chi connectivity index (χ4v) is 2.71. The van der Waals surface area contributed by atoms with Gasteiger partial charge in [0.05, 0.1) is 16.2 Å². The van der Waals surface area contributed by atoms with Gasteiger partial charge in [-0.05, 0) is 18.2 Å². The first-order chi connectivity index (χ1) is 7.42. The van der Waals surface area contributed by atoms with Crippen LogP contribution in [0.25, 0.3) is 4.85 Å². The predicted molar refractivity (Wildman–Crippen MR) is 64.2 cm³/mol. The standard InChI is InChI=1S/C11H12ClNO2S/c1-4-16(14,15)11-6-5-9(12)7-10(11)8(2)13-3/h5-8H,4H2,1-2H3. The average Bonchev–Trinajstić information content (AvgIpc) is 2.27. The average molecular weight is 258 g/mol. The minimum atomic E-state index is -3.30. The molecule has 0 aliphatic rings. The van der Waals surface area contributed by atoms with Gasteiger partial charge in [-0.25, -0.2) is 15.0 Å². The van der Waals surface area contributed by atoms with Gasteiger partial charge in [-0.1, -0.05) is 18.5 Å². The lowest BCUT2D eigenvalue weighted by Gasteiger charge is -2.08. The van der Waals surface area contributed by atoms with Crippen LogP contribution in [0.5, 0.6) is 0 Å². The van der Waals surface area contributed by atoms with Gasteiger partial charge in [0.2, 0.25) is 6.04 Å². The zero-order valence-electron chi connectivity index (χ0n) is 9.07. The maximum absolute atomic E-state index is 11.8. The van der Waals surface area contributed by atoms with Crippen LogP contribution in [0.3, 0.4) is 0 Å². The summed E-state index contributed by atoms with van der Waals surface area (Å²) >= 11 is 5.81. The molecule has 1 atom stereocenters. The van der Waals surface area contributed by atoms with Crippen molar-refractivity contribution < 1.29 is 8.42 Å². The summed E-state index contributed by atoms with van der Waals surface area (Å²) in [6.45, 7) is 10.2. The van der Waals surface area contributed by atoms with Crippen molar-refractivity contribution >= 4 is 21.4 Å². The molecule has 1 aromatic carbocycles. The van der Waals surface area contributed by atoms with Gasteiger partial charge in [0, 0.05) is 11.9 Å². The summed E-state index contributed by atoms with van der Waals surface area (Å²) in [5, 5.41) is 0.445.